The first-order chi connectivity index (χ1) is 6.25. The summed E-state index contributed by atoms with van der Waals surface area (Å²) in [7, 11) is 0. The maximum atomic E-state index is 5.66. The lowest BCUT2D eigenvalue weighted by Gasteiger charge is -2.04. The molecule has 70 valence electrons. The molecule has 0 radical (unpaired) electrons. The van der Waals surface area contributed by atoms with Gasteiger partial charge in [-0.15, -0.1) is 0 Å². The fraction of sp³-hybridized carbons (Fsp3) is 0.500. The molecule has 0 N–H and O–H groups in total. The molecular weight excluding hydrogens is 160 g/mol. The van der Waals surface area contributed by atoms with Gasteiger partial charge in [0.15, 0.2) is 0 Å². The van der Waals surface area contributed by atoms with E-state index in [2.05, 4.69) is 26.0 Å². The molecule has 2 unspecified atom stereocenters. The average molecular weight is 176 g/mol. The maximum absolute atomic E-state index is 5.66. The second-order valence-corrected chi connectivity index (χ2v) is 4.10. The van der Waals surface area contributed by atoms with Crippen LogP contribution in [0.4, 0.5) is 0 Å². The normalized spacial score (nSPS) is 25.7. The highest BCUT2D eigenvalue weighted by atomic mass is 16.5. The monoisotopic (exact) mass is 176 g/mol. The fourth-order valence-corrected chi connectivity index (χ4v) is 1.47. The lowest BCUT2D eigenvalue weighted by molar-refractivity contribution is 0.293. The van der Waals surface area contributed by atoms with Gasteiger partial charge in [-0.2, -0.15) is 0 Å². The van der Waals surface area contributed by atoms with E-state index in [-0.39, 0.29) is 0 Å². The highest BCUT2D eigenvalue weighted by Crippen LogP contribution is 2.37. The topological polar surface area (TPSA) is 9.23 Å². The Bertz CT molecular complexity index is 276. The van der Waals surface area contributed by atoms with E-state index in [1.807, 2.05) is 12.1 Å². The fourth-order valence-electron chi connectivity index (χ4n) is 1.47. The summed E-state index contributed by atoms with van der Waals surface area (Å²) >= 11 is 0. The second-order valence-electron chi connectivity index (χ2n) is 4.10. The van der Waals surface area contributed by atoms with Crippen LogP contribution in [0.25, 0.3) is 0 Å². The molecule has 2 atom stereocenters. The zero-order chi connectivity index (χ0) is 9.26. The Kier molecular flexibility index (Phi) is 2.26. The van der Waals surface area contributed by atoms with Crippen LogP contribution < -0.4 is 4.74 Å². The minimum Gasteiger partial charge on any atom is -0.493 e. The molecule has 1 fully saturated rings. The van der Waals surface area contributed by atoms with Crippen molar-refractivity contribution in [3.63, 3.8) is 0 Å². The first-order valence-electron chi connectivity index (χ1n) is 4.95. The number of benzene rings is 1. The molecule has 1 aliphatic rings. The minimum absolute atomic E-state index is 0.807. The van der Waals surface area contributed by atoms with Gasteiger partial charge < -0.3 is 4.74 Å². The molecule has 0 saturated heterocycles. The van der Waals surface area contributed by atoms with E-state index in [1.54, 1.807) is 0 Å². The van der Waals surface area contributed by atoms with Crippen molar-refractivity contribution in [1.82, 2.24) is 0 Å². The molecule has 1 saturated carbocycles. The Morgan fingerprint density at radius 3 is 2.46 bits per heavy atom. The molecule has 0 aliphatic heterocycles. The zero-order valence-electron chi connectivity index (χ0n) is 8.29. The van der Waals surface area contributed by atoms with Crippen molar-refractivity contribution in [2.24, 2.45) is 11.8 Å². The number of hydrogen-bond acceptors (Lipinski definition) is 1. The molecular formula is C12H16O. The Balaban J connectivity index is 1.84. The summed E-state index contributed by atoms with van der Waals surface area (Å²) in [6.45, 7) is 5.26. The molecule has 0 bridgehead atoms. The number of ether oxygens (including phenoxy) is 1. The van der Waals surface area contributed by atoms with Crippen LogP contribution >= 0.6 is 0 Å². The number of rotatable bonds is 3. The summed E-state index contributed by atoms with van der Waals surface area (Å²) in [6, 6.07) is 8.27. The minimum atomic E-state index is 0.807. The zero-order valence-corrected chi connectivity index (χ0v) is 8.29. The molecule has 1 aliphatic carbocycles. The van der Waals surface area contributed by atoms with Gasteiger partial charge in [0.05, 0.1) is 6.61 Å². The predicted molar refractivity (Wildman–Crippen MR) is 53.9 cm³/mol. The predicted octanol–water partition coefficient (Wildman–Crippen LogP) is 3.03. The smallest absolute Gasteiger partial charge is 0.119 e. The Hall–Kier alpha value is -0.980. The van der Waals surface area contributed by atoms with Gasteiger partial charge in [0.25, 0.3) is 0 Å². The van der Waals surface area contributed by atoms with E-state index in [0.717, 1.165) is 24.2 Å². The van der Waals surface area contributed by atoms with Gasteiger partial charge >= 0.3 is 0 Å². The number of hydrogen-bond donors (Lipinski definition) is 0. The quantitative estimate of drug-likeness (QED) is 0.687. The van der Waals surface area contributed by atoms with Crippen LogP contribution in [0.15, 0.2) is 24.3 Å². The molecule has 1 nitrogen and oxygen atoms in total. The van der Waals surface area contributed by atoms with Gasteiger partial charge in [-0.05, 0) is 37.3 Å². The van der Waals surface area contributed by atoms with Crippen molar-refractivity contribution in [3.05, 3.63) is 29.8 Å². The summed E-state index contributed by atoms with van der Waals surface area (Å²) in [6.07, 6.45) is 1.34. The molecule has 0 amide bonds. The van der Waals surface area contributed by atoms with Gasteiger partial charge in [0.1, 0.15) is 5.75 Å². The van der Waals surface area contributed by atoms with Crippen molar-refractivity contribution >= 4 is 0 Å². The van der Waals surface area contributed by atoms with Gasteiger partial charge in [-0.3, -0.25) is 0 Å². The van der Waals surface area contributed by atoms with Crippen molar-refractivity contribution < 1.29 is 4.74 Å². The van der Waals surface area contributed by atoms with Crippen molar-refractivity contribution in [2.45, 2.75) is 20.3 Å². The van der Waals surface area contributed by atoms with Crippen LogP contribution in [-0.4, -0.2) is 6.61 Å². The van der Waals surface area contributed by atoms with Crippen LogP contribution in [-0.2, 0) is 0 Å². The largest absolute Gasteiger partial charge is 0.493 e. The van der Waals surface area contributed by atoms with Crippen molar-refractivity contribution in [3.8, 4) is 5.75 Å². The summed E-state index contributed by atoms with van der Waals surface area (Å²) in [5.41, 5.74) is 1.28. The summed E-state index contributed by atoms with van der Waals surface area (Å²) in [4.78, 5) is 0. The molecule has 1 aromatic rings. The van der Waals surface area contributed by atoms with E-state index in [0.29, 0.717) is 0 Å². The molecule has 2 rings (SSSR count). The summed E-state index contributed by atoms with van der Waals surface area (Å²) < 4.78 is 5.66. The van der Waals surface area contributed by atoms with Gasteiger partial charge in [-0.1, -0.05) is 24.6 Å². The molecule has 0 spiro atoms. The summed E-state index contributed by atoms with van der Waals surface area (Å²) in [5, 5.41) is 0. The number of aryl methyl sites for hydroxylation is 1. The third-order valence-electron chi connectivity index (χ3n) is 2.76. The molecule has 13 heavy (non-hydrogen) atoms. The maximum Gasteiger partial charge on any atom is 0.119 e. The van der Waals surface area contributed by atoms with E-state index in [4.69, 9.17) is 4.74 Å². The highest BCUT2D eigenvalue weighted by molar-refractivity contribution is 5.26. The summed E-state index contributed by atoms with van der Waals surface area (Å²) in [5.74, 6) is 2.69. The first kappa shape index (κ1) is 8.61. The lowest BCUT2D eigenvalue weighted by atomic mass is 10.2. The Morgan fingerprint density at radius 1 is 1.31 bits per heavy atom. The SMILES string of the molecule is Cc1ccc(OCC2CC2C)cc1. The molecule has 1 heteroatoms. The van der Waals surface area contributed by atoms with Crippen LogP contribution in [0.5, 0.6) is 5.75 Å². The first-order valence-corrected chi connectivity index (χ1v) is 4.95. The second kappa shape index (κ2) is 3.41. The van der Waals surface area contributed by atoms with Crippen LogP contribution in [0.2, 0.25) is 0 Å². The van der Waals surface area contributed by atoms with Gasteiger partial charge in [0.2, 0.25) is 0 Å². The van der Waals surface area contributed by atoms with E-state index in [1.165, 1.54) is 12.0 Å². The van der Waals surface area contributed by atoms with Crippen molar-refractivity contribution in [2.75, 3.05) is 6.61 Å². The highest BCUT2D eigenvalue weighted by Gasteiger charge is 2.32. The third kappa shape index (κ3) is 2.24. The van der Waals surface area contributed by atoms with Crippen LogP contribution in [0, 0.1) is 18.8 Å². The van der Waals surface area contributed by atoms with Gasteiger partial charge in [-0.25, -0.2) is 0 Å². The molecule has 0 aromatic heterocycles. The lowest BCUT2D eigenvalue weighted by Crippen LogP contribution is -2.00. The molecule has 0 heterocycles. The average Bonchev–Trinajstić information content (AvgIpc) is 2.81. The van der Waals surface area contributed by atoms with E-state index in [9.17, 15) is 0 Å². The van der Waals surface area contributed by atoms with Crippen molar-refractivity contribution in [1.29, 1.82) is 0 Å². The van der Waals surface area contributed by atoms with Crippen LogP contribution in [0.3, 0.4) is 0 Å². The van der Waals surface area contributed by atoms with Gasteiger partial charge in [0, 0.05) is 0 Å². The van der Waals surface area contributed by atoms with E-state index >= 15 is 0 Å². The standard InChI is InChI=1S/C12H16O/c1-9-3-5-12(6-4-9)13-8-11-7-10(11)2/h3-6,10-11H,7-8H2,1-2H3. The van der Waals surface area contributed by atoms with Crippen LogP contribution in [0.1, 0.15) is 18.9 Å². The van der Waals surface area contributed by atoms with E-state index < -0.39 is 0 Å². The third-order valence-corrected chi connectivity index (χ3v) is 2.76. The Morgan fingerprint density at radius 2 is 1.92 bits per heavy atom. The Labute approximate surface area is 79.7 Å². The molecule has 1 aromatic carbocycles.